The van der Waals surface area contributed by atoms with E-state index in [1.807, 2.05) is 4.90 Å². The molecule has 0 radical (unpaired) electrons. The Morgan fingerprint density at radius 1 is 0.927 bits per heavy atom. The Hall–Kier alpha value is -1.50. The van der Waals surface area contributed by atoms with Crippen molar-refractivity contribution >= 4 is 12.2 Å². The van der Waals surface area contributed by atoms with Gasteiger partial charge in [0.1, 0.15) is 12.2 Å². The summed E-state index contributed by atoms with van der Waals surface area (Å²) in [5.74, 6) is 3.63. The van der Waals surface area contributed by atoms with Gasteiger partial charge in [-0.1, -0.05) is 41.5 Å². The van der Waals surface area contributed by atoms with Gasteiger partial charge in [0.25, 0.3) is 0 Å². The fraction of sp³-hybridized carbons (Fsp3) is 0.941. The summed E-state index contributed by atoms with van der Waals surface area (Å²) in [5.41, 5.74) is 6.61. The molecule has 0 aromatic rings. The van der Waals surface area contributed by atoms with Gasteiger partial charge in [-0.15, -0.1) is 0 Å². The van der Waals surface area contributed by atoms with Crippen LogP contribution in [0.5, 0.6) is 0 Å². The third-order valence-corrected chi connectivity index (χ3v) is 14.9. The minimum absolute atomic E-state index is 0.00227. The summed E-state index contributed by atoms with van der Waals surface area (Å²) in [5, 5.41) is 0. The van der Waals surface area contributed by atoms with E-state index >= 15 is 0 Å². The molecule has 7 rings (SSSR count). The van der Waals surface area contributed by atoms with Crippen molar-refractivity contribution in [2.24, 2.45) is 62.9 Å². The molecule has 2 aliphatic heterocycles. The van der Waals surface area contributed by atoms with Crippen molar-refractivity contribution in [3.63, 3.8) is 0 Å². The summed E-state index contributed by atoms with van der Waals surface area (Å²) in [6, 6.07) is 0. The third-order valence-electron chi connectivity index (χ3n) is 14.9. The van der Waals surface area contributed by atoms with Crippen LogP contribution < -0.4 is 5.73 Å². The quantitative estimate of drug-likeness (QED) is 0.403. The van der Waals surface area contributed by atoms with Gasteiger partial charge in [-0.25, -0.2) is 9.59 Å². The molecular weight excluding hydrogens is 516 g/mol. The van der Waals surface area contributed by atoms with E-state index in [1.165, 1.54) is 44.9 Å². The molecule has 0 bridgehead atoms. The standard InChI is InChI=1S/C34H54N2O5/c1-19(2)28(41-30(38)36-16-7-17-36)24-10-8-22-25(39-24)18-23-21-9-11-26-31(4,5)27(40-29(35)37)12-13-34(26)20(3)33(21,34)15-14-32(22,23)6/h19-28H,7-18H2,1-6H3,(H2,35,37)/t20-,21?,22?,23?,24?,25?,26?,27-,28+,32+,33-,34?/m0/s1. The summed E-state index contributed by atoms with van der Waals surface area (Å²) in [6.07, 6.45) is 11.0. The number of nitrogens with zero attached hydrogens (tertiary/aromatic N) is 1. The van der Waals surface area contributed by atoms with Gasteiger partial charge in [0.2, 0.25) is 0 Å². The van der Waals surface area contributed by atoms with Crippen molar-refractivity contribution in [1.82, 2.24) is 4.90 Å². The minimum Gasteiger partial charge on any atom is -0.446 e. The molecule has 0 aromatic carbocycles. The predicted molar refractivity (Wildman–Crippen MR) is 156 cm³/mol. The number of rotatable bonds is 4. The number of hydrogen-bond donors (Lipinski definition) is 1. The lowest BCUT2D eigenvalue weighted by atomic mass is 9.46. The van der Waals surface area contributed by atoms with Gasteiger partial charge in [-0.3, -0.25) is 0 Å². The van der Waals surface area contributed by atoms with Crippen LogP contribution in [-0.2, 0) is 14.2 Å². The largest absolute Gasteiger partial charge is 0.446 e. The highest BCUT2D eigenvalue weighted by Crippen LogP contribution is 2.89. The lowest BCUT2D eigenvalue weighted by molar-refractivity contribution is -0.150. The molecule has 0 aromatic heterocycles. The monoisotopic (exact) mass is 570 g/mol. The first-order valence-electron chi connectivity index (χ1n) is 16.9. The van der Waals surface area contributed by atoms with Gasteiger partial charge in [0, 0.05) is 18.5 Å². The van der Waals surface area contributed by atoms with Crippen molar-refractivity contribution in [1.29, 1.82) is 0 Å². The fourth-order valence-electron chi connectivity index (χ4n) is 12.9. The highest BCUT2D eigenvalue weighted by molar-refractivity contribution is 5.68. The van der Waals surface area contributed by atoms with Crippen LogP contribution in [-0.4, -0.2) is 54.6 Å². The molecule has 7 heteroatoms. The molecule has 7 nitrogen and oxygen atoms in total. The number of carbonyl (C=O) groups is 2. The van der Waals surface area contributed by atoms with Crippen molar-refractivity contribution in [2.45, 2.75) is 130 Å². The Balaban J connectivity index is 1.10. The maximum atomic E-state index is 12.7. The Labute approximate surface area is 247 Å². The van der Waals surface area contributed by atoms with Gasteiger partial charge in [0.05, 0.1) is 12.2 Å². The molecule has 41 heavy (non-hydrogen) atoms. The topological polar surface area (TPSA) is 91.1 Å². The highest BCUT2D eigenvalue weighted by atomic mass is 16.6. The molecule has 2 amide bonds. The summed E-state index contributed by atoms with van der Waals surface area (Å²) in [6.45, 7) is 15.8. The van der Waals surface area contributed by atoms with Crippen LogP contribution in [0.2, 0.25) is 0 Å². The first-order valence-corrected chi connectivity index (χ1v) is 16.9. The van der Waals surface area contributed by atoms with E-state index in [9.17, 15) is 9.59 Å². The zero-order valence-corrected chi connectivity index (χ0v) is 26.3. The number of carbonyl (C=O) groups excluding carboxylic acids is 2. The summed E-state index contributed by atoms with van der Waals surface area (Å²) in [7, 11) is 0. The van der Waals surface area contributed by atoms with Crippen LogP contribution in [0.15, 0.2) is 0 Å². The normalized spacial score (nSPS) is 49.8. The van der Waals surface area contributed by atoms with Crippen LogP contribution in [0.25, 0.3) is 0 Å². The second-order valence-electron chi connectivity index (χ2n) is 16.5. The van der Waals surface area contributed by atoms with Gasteiger partial charge in [-0.2, -0.15) is 0 Å². The van der Waals surface area contributed by atoms with Crippen molar-refractivity contribution in [2.75, 3.05) is 13.1 Å². The van der Waals surface area contributed by atoms with Crippen LogP contribution in [0.4, 0.5) is 9.59 Å². The number of fused-ring (bicyclic) bond motifs is 4. The van der Waals surface area contributed by atoms with Gasteiger partial charge < -0.3 is 24.8 Å². The smallest absolute Gasteiger partial charge is 0.410 e. The molecule has 7 fully saturated rings. The van der Waals surface area contributed by atoms with Crippen molar-refractivity contribution in [3.8, 4) is 0 Å². The number of primary amides is 1. The number of nitrogens with two attached hydrogens (primary N) is 1. The molecule has 230 valence electrons. The van der Waals surface area contributed by atoms with E-state index in [-0.39, 0.29) is 41.8 Å². The van der Waals surface area contributed by atoms with Gasteiger partial charge in [-0.05, 0) is 116 Å². The number of hydrogen-bond acceptors (Lipinski definition) is 5. The lowest BCUT2D eigenvalue weighted by Gasteiger charge is -2.59. The van der Waals surface area contributed by atoms with Crippen LogP contribution in [0.1, 0.15) is 106 Å². The first kappa shape index (κ1) is 28.3. The second kappa shape index (κ2) is 9.25. The maximum Gasteiger partial charge on any atom is 0.410 e. The molecule has 5 saturated carbocycles. The average Bonchev–Trinajstić information content (AvgIpc) is 3.25. The number of likely N-dealkylation sites (tertiary alicyclic amines) is 1. The molecule has 5 aliphatic carbocycles. The van der Waals surface area contributed by atoms with Crippen LogP contribution in [0, 0.1) is 57.2 Å². The van der Waals surface area contributed by atoms with E-state index in [0.717, 1.165) is 44.2 Å². The molecule has 2 saturated heterocycles. The maximum absolute atomic E-state index is 12.7. The third kappa shape index (κ3) is 3.65. The van der Waals surface area contributed by atoms with Crippen molar-refractivity contribution < 1.29 is 23.8 Å². The second-order valence-corrected chi connectivity index (χ2v) is 16.5. The molecular formula is C34H54N2O5. The first-order chi connectivity index (χ1) is 19.4. The number of ether oxygens (including phenoxy) is 3. The Morgan fingerprint density at radius 2 is 1.66 bits per heavy atom. The SMILES string of the molecule is CC(C)[C@@H](OC(=O)N1CCC1)C1CCC2C(CC3C4CCC5C(C)(C)[C@@H](OC(N)=O)CCC56[C@@H](C)[C@@]46CC[C@]23C)O1. The highest BCUT2D eigenvalue weighted by Gasteiger charge is 2.84. The molecule has 2 heterocycles. The van der Waals surface area contributed by atoms with E-state index in [1.54, 1.807) is 0 Å². The summed E-state index contributed by atoms with van der Waals surface area (Å²) in [4.78, 5) is 26.3. The van der Waals surface area contributed by atoms with E-state index in [4.69, 9.17) is 19.9 Å². The van der Waals surface area contributed by atoms with E-state index in [0.29, 0.717) is 34.0 Å². The Bertz CT molecular complexity index is 1090. The molecule has 7 unspecified atom stereocenters. The molecule has 7 aliphatic rings. The zero-order valence-electron chi connectivity index (χ0n) is 26.3. The summed E-state index contributed by atoms with van der Waals surface area (Å²) < 4.78 is 18.8. The van der Waals surface area contributed by atoms with Gasteiger partial charge >= 0.3 is 12.2 Å². The zero-order chi connectivity index (χ0) is 29.1. The van der Waals surface area contributed by atoms with E-state index < -0.39 is 6.09 Å². The predicted octanol–water partition coefficient (Wildman–Crippen LogP) is 6.77. The Kier molecular flexibility index (Phi) is 6.38. The lowest BCUT2D eigenvalue weighted by Crippen LogP contribution is -2.55. The van der Waals surface area contributed by atoms with Crippen LogP contribution in [0.3, 0.4) is 0 Å². The number of amides is 2. The molecule has 2 spiro atoms. The van der Waals surface area contributed by atoms with Crippen molar-refractivity contribution in [3.05, 3.63) is 0 Å². The molecule has 12 atom stereocenters. The molecule has 2 N–H and O–H groups in total. The van der Waals surface area contributed by atoms with Gasteiger partial charge in [0.15, 0.2) is 0 Å². The Morgan fingerprint density at radius 3 is 2.32 bits per heavy atom. The minimum atomic E-state index is -0.624. The summed E-state index contributed by atoms with van der Waals surface area (Å²) >= 11 is 0. The van der Waals surface area contributed by atoms with Crippen LogP contribution >= 0.6 is 0 Å². The van der Waals surface area contributed by atoms with E-state index in [2.05, 4.69) is 41.5 Å². The fourth-order valence-corrected chi connectivity index (χ4v) is 12.9. The average molecular weight is 571 g/mol.